The minimum atomic E-state index is -0.268. The van der Waals surface area contributed by atoms with Crippen LogP contribution in [0.25, 0.3) is 40.1 Å². The molecule has 11 heteroatoms. The SMILES string of the molecule is C=CCOc1ccc(/C=C/c2nc3s/c(=C\c4cn(-c5ccccc5)nc4-c4ccc(OCC)c(Cl)c4)c(=O)n3n2)cc1OC. The lowest BCUT2D eigenvalue weighted by molar-refractivity contribution is 0.326. The monoisotopic (exact) mass is 637 g/mol. The summed E-state index contributed by atoms with van der Waals surface area (Å²) in [6, 6.07) is 20.9. The molecule has 226 valence electrons. The van der Waals surface area contributed by atoms with E-state index in [9.17, 15) is 4.79 Å². The third-order valence-corrected chi connectivity index (χ3v) is 7.98. The Bertz CT molecular complexity index is 2140. The first-order valence-electron chi connectivity index (χ1n) is 14.1. The number of para-hydroxylation sites is 1. The minimum absolute atomic E-state index is 0.268. The smallest absolute Gasteiger partial charge is 0.291 e. The van der Waals surface area contributed by atoms with Crippen molar-refractivity contribution < 1.29 is 14.2 Å². The van der Waals surface area contributed by atoms with Gasteiger partial charge in [0.2, 0.25) is 4.96 Å². The molecule has 0 radical (unpaired) electrons. The summed E-state index contributed by atoms with van der Waals surface area (Å²) in [6.07, 6.45) is 8.97. The maximum Gasteiger partial charge on any atom is 0.291 e. The van der Waals surface area contributed by atoms with Crippen molar-refractivity contribution in [2.75, 3.05) is 20.3 Å². The van der Waals surface area contributed by atoms with Crippen molar-refractivity contribution >= 4 is 46.1 Å². The number of thiazole rings is 1. The Hall–Kier alpha value is -5.19. The van der Waals surface area contributed by atoms with Gasteiger partial charge in [-0.3, -0.25) is 4.79 Å². The fourth-order valence-corrected chi connectivity index (χ4v) is 5.78. The molecule has 0 N–H and O–H groups in total. The lowest BCUT2D eigenvalue weighted by Gasteiger charge is -2.09. The van der Waals surface area contributed by atoms with Crippen molar-refractivity contribution in [2.24, 2.45) is 0 Å². The van der Waals surface area contributed by atoms with Crippen LogP contribution in [0.4, 0.5) is 0 Å². The largest absolute Gasteiger partial charge is 0.493 e. The second kappa shape index (κ2) is 13.2. The quantitative estimate of drug-likeness (QED) is 0.153. The van der Waals surface area contributed by atoms with E-state index >= 15 is 0 Å². The molecule has 0 saturated carbocycles. The summed E-state index contributed by atoms with van der Waals surface area (Å²) in [5.41, 5.74) is 3.69. The van der Waals surface area contributed by atoms with Gasteiger partial charge in [0.1, 0.15) is 18.1 Å². The van der Waals surface area contributed by atoms with Crippen molar-refractivity contribution in [3.05, 3.63) is 122 Å². The van der Waals surface area contributed by atoms with Gasteiger partial charge in [-0.05, 0) is 67.1 Å². The van der Waals surface area contributed by atoms with Crippen LogP contribution in [0.15, 0.2) is 90.4 Å². The number of hydrogen-bond donors (Lipinski definition) is 0. The minimum Gasteiger partial charge on any atom is -0.493 e. The summed E-state index contributed by atoms with van der Waals surface area (Å²) in [7, 11) is 1.59. The lowest BCUT2D eigenvalue weighted by Crippen LogP contribution is -2.23. The number of ether oxygens (including phenoxy) is 3. The molecule has 0 spiro atoms. The first-order valence-corrected chi connectivity index (χ1v) is 15.3. The highest BCUT2D eigenvalue weighted by Crippen LogP contribution is 2.32. The van der Waals surface area contributed by atoms with E-state index in [0.29, 0.717) is 56.5 Å². The predicted octanol–water partition coefficient (Wildman–Crippen LogP) is 6.35. The molecule has 0 aliphatic carbocycles. The second-order valence-electron chi connectivity index (χ2n) is 9.71. The maximum atomic E-state index is 13.4. The van der Waals surface area contributed by atoms with E-state index in [2.05, 4.69) is 16.7 Å². The molecule has 6 rings (SSSR count). The summed E-state index contributed by atoms with van der Waals surface area (Å²) in [4.78, 5) is 18.5. The van der Waals surface area contributed by atoms with Crippen LogP contribution in [-0.2, 0) is 0 Å². The van der Waals surface area contributed by atoms with Gasteiger partial charge in [-0.15, -0.1) is 5.10 Å². The lowest BCUT2D eigenvalue weighted by atomic mass is 10.1. The molecule has 6 aromatic rings. The van der Waals surface area contributed by atoms with Gasteiger partial charge in [0.15, 0.2) is 17.3 Å². The number of nitrogens with zero attached hydrogens (tertiary/aromatic N) is 5. The highest BCUT2D eigenvalue weighted by Gasteiger charge is 2.15. The number of methoxy groups -OCH3 is 1. The molecule has 9 nitrogen and oxygen atoms in total. The third-order valence-electron chi connectivity index (χ3n) is 6.72. The van der Waals surface area contributed by atoms with Crippen LogP contribution in [0, 0.1) is 0 Å². The van der Waals surface area contributed by atoms with Crippen molar-refractivity contribution in [3.8, 4) is 34.2 Å². The topological polar surface area (TPSA) is 92.8 Å². The average Bonchev–Trinajstić information content (AvgIpc) is 3.75. The summed E-state index contributed by atoms with van der Waals surface area (Å²) in [5.74, 6) is 2.24. The number of rotatable bonds is 11. The van der Waals surface area contributed by atoms with E-state index in [0.717, 1.165) is 22.4 Å². The van der Waals surface area contributed by atoms with E-state index in [-0.39, 0.29) is 5.56 Å². The number of fused-ring (bicyclic) bond motifs is 1. The van der Waals surface area contributed by atoms with Gasteiger partial charge in [0.25, 0.3) is 5.56 Å². The second-order valence-corrected chi connectivity index (χ2v) is 11.1. The zero-order valence-corrected chi connectivity index (χ0v) is 26.1. The van der Waals surface area contributed by atoms with Gasteiger partial charge in [-0.25, -0.2) is 4.68 Å². The standard InChI is InChI=1S/C34H28ClN5O4S/c1-4-17-44-28-14-11-22(18-29(28)42-3)12-16-31-36-34-40(37-31)33(41)30(45-34)20-24-21-39(25-9-7-6-8-10-25)38-32(24)23-13-15-27(43-5-2)26(35)19-23/h4,6-16,18-21H,1,5,17H2,2-3H3/b16-12+,30-20-. The van der Waals surface area contributed by atoms with E-state index in [1.54, 1.807) is 23.9 Å². The Morgan fingerprint density at radius 1 is 0.978 bits per heavy atom. The average molecular weight is 638 g/mol. The highest BCUT2D eigenvalue weighted by molar-refractivity contribution is 7.15. The van der Waals surface area contributed by atoms with Crippen molar-refractivity contribution in [2.45, 2.75) is 6.92 Å². The summed E-state index contributed by atoms with van der Waals surface area (Å²) in [6.45, 7) is 6.46. The Balaban J connectivity index is 1.34. The first-order chi connectivity index (χ1) is 22.0. The van der Waals surface area contributed by atoms with E-state index < -0.39 is 0 Å². The van der Waals surface area contributed by atoms with Gasteiger partial charge >= 0.3 is 0 Å². The zero-order valence-electron chi connectivity index (χ0n) is 24.5. The molecule has 0 aliphatic heterocycles. The van der Waals surface area contributed by atoms with Crippen molar-refractivity contribution in [3.63, 3.8) is 0 Å². The molecule has 3 aromatic heterocycles. The maximum absolute atomic E-state index is 13.4. The molecular weight excluding hydrogens is 610 g/mol. The summed E-state index contributed by atoms with van der Waals surface area (Å²) >= 11 is 7.78. The van der Waals surface area contributed by atoms with Crippen LogP contribution >= 0.6 is 22.9 Å². The van der Waals surface area contributed by atoms with Crippen LogP contribution < -0.4 is 24.3 Å². The van der Waals surface area contributed by atoms with Gasteiger partial charge in [-0.2, -0.15) is 14.6 Å². The molecule has 0 atom stereocenters. The molecule has 0 fully saturated rings. The van der Waals surface area contributed by atoms with Crippen LogP contribution in [0.1, 0.15) is 23.9 Å². The Morgan fingerprint density at radius 3 is 2.53 bits per heavy atom. The molecular formula is C34H28ClN5O4S. The number of benzene rings is 3. The van der Waals surface area contributed by atoms with Gasteiger partial charge in [-0.1, -0.05) is 65.9 Å². The first kappa shape index (κ1) is 29.9. The van der Waals surface area contributed by atoms with Crippen LogP contribution in [0.5, 0.6) is 17.2 Å². The van der Waals surface area contributed by atoms with Crippen LogP contribution in [0.3, 0.4) is 0 Å². The molecule has 0 saturated heterocycles. The summed E-state index contributed by atoms with van der Waals surface area (Å²) < 4.78 is 20.2. The molecule has 0 amide bonds. The molecule has 0 unspecified atom stereocenters. The number of halogens is 1. The van der Waals surface area contributed by atoms with E-state index in [1.165, 1.54) is 15.9 Å². The Morgan fingerprint density at radius 2 is 1.80 bits per heavy atom. The van der Waals surface area contributed by atoms with Gasteiger partial charge in [0.05, 0.1) is 29.0 Å². The molecule has 0 aliphatic rings. The fraction of sp³-hybridized carbons (Fsp3) is 0.118. The number of aromatic nitrogens is 5. The zero-order chi connectivity index (χ0) is 31.3. The van der Waals surface area contributed by atoms with Gasteiger partial charge < -0.3 is 14.2 Å². The Kier molecular flexibility index (Phi) is 8.77. The van der Waals surface area contributed by atoms with E-state index in [4.69, 9.17) is 30.9 Å². The number of hydrogen-bond acceptors (Lipinski definition) is 8. The molecule has 3 aromatic carbocycles. The van der Waals surface area contributed by atoms with Crippen LogP contribution in [-0.4, -0.2) is 44.7 Å². The molecule has 3 heterocycles. The van der Waals surface area contributed by atoms with Crippen LogP contribution in [0.2, 0.25) is 5.02 Å². The molecule has 0 bridgehead atoms. The molecule has 45 heavy (non-hydrogen) atoms. The predicted molar refractivity (Wildman–Crippen MR) is 179 cm³/mol. The third kappa shape index (κ3) is 6.38. The van der Waals surface area contributed by atoms with Crippen molar-refractivity contribution in [1.82, 2.24) is 24.4 Å². The van der Waals surface area contributed by atoms with Crippen molar-refractivity contribution in [1.29, 1.82) is 0 Å². The van der Waals surface area contributed by atoms with E-state index in [1.807, 2.05) is 92.0 Å². The fourth-order valence-electron chi connectivity index (χ4n) is 4.64. The highest BCUT2D eigenvalue weighted by atomic mass is 35.5. The summed E-state index contributed by atoms with van der Waals surface area (Å²) in [5, 5.41) is 9.77. The van der Waals surface area contributed by atoms with Gasteiger partial charge in [0, 0.05) is 17.3 Å². The Labute approximate surface area is 267 Å². The normalized spacial score (nSPS) is 11.8.